The van der Waals surface area contributed by atoms with Crippen LogP contribution in [0.15, 0.2) is 48.9 Å². The molecule has 3 fully saturated rings. The summed E-state index contributed by atoms with van der Waals surface area (Å²) in [5.74, 6) is 3.11. The number of anilines is 1. The molecule has 4 aromatic heterocycles. The van der Waals surface area contributed by atoms with Crippen molar-refractivity contribution >= 4 is 38.7 Å². The van der Waals surface area contributed by atoms with E-state index in [1.807, 2.05) is 12.4 Å². The number of nitrogens with one attached hydrogen (secondary N) is 2. The van der Waals surface area contributed by atoms with E-state index in [0.717, 1.165) is 64.3 Å². The number of benzene rings is 1. The number of pyridine rings is 2. The number of aromatic amines is 1. The van der Waals surface area contributed by atoms with Crippen molar-refractivity contribution in [3.63, 3.8) is 0 Å². The van der Waals surface area contributed by atoms with Crippen molar-refractivity contribution in [1.82, 2.24) is 30.2 Å². The summed E-state index contributed by atoms with van der Waals surface area (Å²) >= 11 is 0. The molecule has 174 valence electrons. The second kappa shape index (κ2) is 7.46. The topological polar surface area (TPSA) is 82.6 Å². The van der Waals surface area contributed by atoms with E-state index < -0.39 is 0 Å². The van der Waals surface area contributed by atoms with Gasteiger partial charge in [0.25, 0.3) is 0 Å². The van der Waals surface area contributed by atoms with Crippen LogP contribution >= 0.6 is 0 Å². The first kappa shape index (κ1) is 19.7. The standard InChI is InChI=1S/C28H27N7/c1-2-7-21-18(6-1)24-19(8-10-31-27(24)32-21)26-33-22-14-30-13-20(16-4-3-5-16)25(22)28(34-26)35-11-9-17-12-29-15-23(17)35/h1-2,6-8,10,13-14,16-17,23,29H,3-5,9,11-12,15H2,(H,31,32)/t17?,23-/m1/s1. The Balaban J connectivity index is 1.41. The van der Waals surface area contributed by atoms with Gasteiger partial charge in [0.15, 0.2) is 5.82 Å². The maximum atomic E-state index is 5.37. The van der Waals surface area contributed by atoms with Gasteiger partial charge in [0.1, 0.15) is 11.5 Å². The van der Waals surface area contributed by atoms with Gasteiger partial charge in [-0.25, -0.2) is 15.0 Å². The van der Waals surface area contributed by atoms with Crippen LogP contribution in [0.25, 0.3) is 44.2 Å². The van der Waals surface area contributed by atoms with Crippen LogP contribution in [0.5, 0.6) is 0 Å². The quantitative estimate of drug-likeness (QED) is 0.402. The molecule has 8 rings (SSSR count). The fraction of sp³-hybridized carbons (Fsp3) is 0.357. The first-order valence-electron chi connectivity index (χ1n) is 12.8. The molecule has 0 amide bonds. The zero-order chi connectivity index (χ0) is 22.9. The smallest absolute Gasteiger partial charge is 0.163 e. The van der Waals surface area contributed by atoms with Crippen molar-refractivity contribution < 1.29 is 0 Å². The molecule has 0 bridgehead atoms. The van der Waals surface area contributed by atoms with Gasteiger partial charge >= 0.3 is 0 Å². The molecule has 1 aliphatic carbocycles. The third-order valence-corrected chi connectivity index (χ3v) is 8.52. The molecular formula is C28H27N7. The lowest BCUT2D eigenvalue weighted by molar-refractivity contribution is 0.421. The largest absolute Gasteiger partial charge is 0.351 e. The maximum absolute atomic E-state index is 5.37. The average Bonchev–Trinajstić information content (AvgIpc) is 3.56. The summed E-state index contributed by atoms with van der Waals surface area (Å²) in [6.07, 6.45) is 10.8. The summed E-state index contributed by atoms with van der Waals surface area (Å²) in [4.78, 5) is 25.8. The van der Waals surface area contributed by atoms with Crippen LogP contribution in [0.2, 0.25) is 0 Å². The van der Waals surface area contributed by atoms with Crippen LogP contribution in [0.1, 0.15) is 37.2 Å². The van der Waals surface area contributed by atoms with Gasteiger partial charge in [0.05, 0.1) is 11.7 Å². The Morgan fingerprint density at radius 2 is 1.89 bits per heavy atom. The van der Waals surface area contributed by atoms with Gasteiger partial charge in [-0.3, -0.25) is 4.98 Å². The molecule has 6 heterocycles. The van der Waals surface area contributed by atoms with Crippen LogP contribution < -0.4 is 10.2 Å². The Labute approximate surface area is 203 Å². The van der Waals surface area contributed by atoms with Crippen molar-refractivity contribution in [3.05, 3.63) is 54.5 Å². The van der Waals surface area contributed by atoms with Crippen molar-refractivity contribution in [2.75, 3.05) is 24.5 Å². The molecule has 7 nitrogen and oxygen atoms in total. The highest BCUT2D eigenvalue weighted by atomic mass is 15.3. The monoisotopic (exact) mass is 461 g/mol. The maximum Gasteiger partial charge on any atom is 0.163 e. The van der Waals surface area contributed by atoms with Gasteiger partial charge in [-0.15, -0.1) is 0 Å². The molecule has 2 saturated heterocycles. The predicted octanol–water partition coefficient (Wildman–Crippen LogP) is 4.79. The number of hydrogen-bond acceptors (Lipinski definition) is 6. The summed E-state index contributed by atoms with van der Waals surface area (Å²) in [6.45, 7) is 3.18. The summed E-state index contributed by atoms with van der Waals surface area (Å²) < 4.78 is 0. The van der Waals surface area contributed by atoms with Crippen molar-refractivity contribution in [2.24, 2.45) is 5.92 Å². The van der Waals surface area contributed by atoms with Crippen molar-refractivity contribution in [2.45, 2.75) is 37.6 Å². The third-order valence-electron chi connectivity index (χ3n) is 8.52. The fourth-order valence-electron chi connectivity index (χ4n) is 6.51. The van der Waals surface area contributed by atoms with E-state index in [2.05, 4.69) is 61.7 Å². The SMILES string of the molecule is c1ccc2c(c1)[nH]c1nccc(-c3nc(N4CCC5CNC[C@H]54)c4c(C5CCC5)cncc4n3)c12. The van der Waals surface area contributed by atoms with Gasteiger partial charge in [-0.1, -0.05) is 24.6 Å². The third kappa shape index (κ3) is 2.88. The minimum Gasteiger partial charge on any atom is -0.351 e. The Morgan fingerprint density at radius 1 is 0.943 bits per heavy atom. The van der Waals surface area contributed by atoms with Crippen LogP contribution in [-0.2, 0) is 0 Å². The van der Waals surface area contributed by atoms with E-state index in [9.17, 15) is 0 Å². The van der Waals surface area contributed by atoms with E-state index in [1.54, 1.807) is 0 Å². The second-order valence-corrected chi connectivity index (χ2v) is 10.3. The lowest BCUT2D eigenvalue weighted by atomic mass is 9.79. The molecular weight excluding hydrogens is 434 g/mol. The highest BCUT2D eigenvalue weighted by Gasteiger charge is 2.39. The second-order valence-electron chi connectivity index (χ2n) is 10.3. The van der Waals surface area contributed by atoms with Crippen molar-refractivity contribution in [3.8, 4) is 11.4 Å². The normalized spacial score (nSPS) is 22.3. The number of rotatable bonds is 3. The zero-order valence-corrected chi connectivity index (χ0v) is 19.5. The lowest BCUT2D eigenvalue weighted by Gasteiger charge is -2.30. The van der Waals surface area contributed by atoms with Crippen LogP contribution in [0, 0.1) is 5.92 Å². The molecule has 0 spiro atoms. The molecule has 35 heavy (non-hydrogen) atoms. The molecule has 2 aliphatic heterocycles. The predicted molar refractivity (Wildman–Crippen MR) is 139 cm³/mol. The summed E-state index contributed by atoms with van der Waals surface area (Å²) in [7, 11) is 0. The Hall–Kier alpha value is -3.58. The summed E-state index contributed by atoms with van der Waals surface area (Å²) in [5, 5.41) is 7.06. The minimum absolute atomic E-state index is 0.494. The van der Waals surface area contributed by atoms with E-state index in [-0.39, 0.29) is 0 Å². The molecule has 3 aliphatic rings. The van der Waals surface area contributed by atoms with E-state index in [0.29, 0.717) is 17.9 Å². The highest BCUT2D eigenvalue weighted by molar-refractivity contribution is 6.12. The lowest BCUT2D eigenvalue weighted by Crippen LogP contribution is -2.35. The number of para-hydroxylation sites is 1. The first-order valence-corrected chi connectivity index (χ1v) is 12.8. The molecule has 2 N–H and O–H groups in total. The number of nitrogens with zero attached hydrogens (tertiary/aromatic N) is 5. The minimum atomic E-state index is 0.494. The molecule has 0 radical (unpaired) electrons. The van der Waals surface area contributed by atoms with Crippen LogP contribution in [-0.4, -0.2) is 50.6 Å². The molecule has 1 aromatic carbocycles. The molecule has 7 heteroatoms. The molecule has 5 aromatic rings. The first-order chi connectivity index (χ1) is 17.3. The zero-order valence-electron chi connectivity index (χ0n) is 19.5. The summed E-state index contributed by atoms with van der Waals surface area (Å²) in [6, 6.07) is 10.9. The molecule has 2 atom stereocenters. The molecule has 1 saturated carbocycles. The number of aromatic nitrogens is 5. The van der Waals surface area contributed by atoms with Gasteiger partial charge in [0.2, 0.25) is 0 Å². The average molecular weight is 462 g/mol. The Morgan fingerprint density at radius 3 is 2.80 bits per heavy atom. The molecule has 1 unspecified atom stereocenters. The van der Waals surface area contributed by atoms with E-state index in [4.69, 9.17) is 9.97 Å². The van der Waals surface area contributed by atoms with Crippen LogP contribution in [0.4, 0.5) is 5.82 Å². The van der Waals surface area contributed by atoms with Crippen LogP contribution in [0.3, 0.4) is 0 Å². The number of fused-ring (bicyclic) bond motifs is 5. The summed E-state index contributed by atoms with van der Waals surface area (Å²) in [5.41, 5.74) is 5.25. The Bertz CT molecular complexity index is 1600. The number of hydrogen-bond donors (Lipinski definition) is 2. The van der Waals surface area contributed by atoms with Gasteiger partial charge in [-0.05, 0) is 48.8 Å². The highest BCUT2D eigenvalue weighted by Crippen LogP contribution is 2.44. The Kier molecular flexibility index (Phi) is 4.20. The van der Waals surface area contributed by atoms with Gasteiger partial charge in [0, 0.05) is 65.3 Å². The van der Waals surface area contributed by atoms with Crippen molar-refractivity contribution in [1.29, 1.82) is 0 Å². The van der Waals surface area contributed by atoms with Gasteiger partial charge in [-0.2, -0.15) is 0 Å². The van der Waals surface area contributed by atoms with E-state index >= 15 is 0 Å². The fourth-order valence-corrected chi connectivity index (χ4v) is 6.51. The van der Waals surface area contributed by atoms with E-state index in [1.165, 1.54) is 36.6 Å². The number of H-pyrrole nitrogens is 1. The van der Waals surface area contributed by atoms with Gasteiger partial charge < -0.3 is 15.2 Å².